The van der Waals surface area contributed by atoms with E-state index in [0.29, 0.717) is 17.6 Å². The van der Waals surface area contributed by atoms with Crippen molar-refractivity contribution in [2.45, 2.75) is 19.5 Å². The Morgan fingerprint density at radius 3 is 3.13 bits per heavy atom. The van der Waals surface area contributed by atoms with E-state index in [1.807, 2.05) is 53.2 Å². The monoisotopic (exact) mass is 308 g/mol. The van der Waals surface area contributed by atoms with Gasteiger partial charge in [0.1, 0.15) is 5.65 Å². The van der Waals surface area contributed by atoms with Crippen molar-refractivity contribution in [3.63, 3.8) is 0 Å². The highest BCUT2D eigenvalue weighted by Crippen LogP contribution is 2.18. The Balaban J connectivity index is 1.51. The third-order valence-corrected chi connectivity index (χ3v) is 3.95. The van der Waals surface area contributed by atoms with Gasteiger partial charge in [-0.25, -0.2) is 9.78 Å². The third kappa shape index (κ3) is 2.64. The molecule has 1 atom stereocenters. The fourth-order valence-corrected chi connectivity index (χ4v) is 2.68. The van der Waals surface area contributed by atoms with E-state index < -0.39 is 5.76 Å². The van der Waals surface area contributed by atoms with Crippen LogP contribution in [0.2, 0.25) is 0 Å². The minimum Gasteiger partial charge on any atom is -0.408 e. The van der Waals surface area contributed by atoms with Crippen LogP contribution in [0.5, 0.6) is 0 Å². The van der Waals surface area contributed by atoms with Crippen LogP contribution >= 0.6 is 0 Å². The molecular formula is C17H16N4O2. The van der Waals surface area contributed by atoms with E-state index in [2.05, 4.69) is 22.2 Å². The third-order valence-electron chi connectivity index (χ3n) is 3.95. The molecule has 6 nitrogen and oxygen atoms in total. The molecule has 0 aliphatic carbocycles. The second-order valence-corrected chi connectivity index (χ2v) is 5.57. The number of nitrogens with zero attached hydrogens (tertiary/aromatic N) is 2. The Morgan fingerprint density at radius 2 is 2.26 bits per heavy atom. The first-order chi connectivity index (χ1) is 11.2. The van der Waals surface area contributed by atoms with Gasteiger partial charge in [-0.1, -0.05) is 12.1 Å². The van der Waals surface area contributed by atoms with Gasteiger partial charge in [0.2, 0.25) is 0 Å². The summed E-state index contributed by atoms with van der Waals surface area (Å²) >= 11 is 0. The van der Waals surface area contributed by atoms with Gasteiger partial charge in [0, 0.05) is 25.0 Å². The predicted molar refractivity (Wildman–Crippen MR) is 87.3 cm³/mol. The van der Waals surface area contributed by atoms with Crippen LogP contribution in [0.1, 0.15) is 24.2 Å². The number of pyridine rings is 1. The van der Waals surface area contributed by atoms with Crippen LogP contribution in [0.3, 0.4) is 0 Å². The lowest BCUT2D eigenvalue weighted by atomic mass is 10.1. The van der Waals surface area contributed by atoms with Gasteiger partial charge in [0.25, 0.3) is 0 Å². The van der Waals surface area contributed by atoms with Crippen molar-refractivity contribution in [3.05, 3.63) is 70.6 Å². The summed E-state index contributed by atoms with van der Waals surface area (Å²) in [5.41, 5.74) is 4.27. The molecule has 6 heteroatoms. The summed E-state index contributed by atoms with van der Waals surface area (Å²) < 4.78 is 7.11. The lowest BCUT2D eigenvalue weighted by molar-refractivity contribution is 0.549. The van der Waals surface area contributed by atoms with Gasteiger partial charge >= 0.3 is 5.76 Å². The van der Waals surface area contributed by atoms with Crippen LogP contribution in [0, 0.1) is 0 Å². The summed E-state index contributed by atoms with van der Waals surface area (Å²) in [7, 11) is 0. The molecule has 1 unspecified atom stereocenters. The standard InChI is InChI=1S/C17H16N4O2/c1-11(12-5-6-14-15(8-12)23-17(22)20-14)18-9-13-10-21-7-3-2-4-16(21)19-13/h2-8,10-11,18H,9H2,1H3,(H,20,22). The Morgan fingerprint density at radius 1 is 1.35 bits per heavy atom. The number of hydrogen-bond acceptors (Lipinski definition) is 4. The highest BCUT2D eigenvalue weighted by atomic mass is 16.4. The van der Waals surface area contributed by atoms with Crippen LogP contribution in [0.15, 0.2) is 58.0 Å². The molecule has 0 spiro atoms. The van der Waals surface area contributed by atoms with E-state index in [1.165, 1.54) is 0 Å². The fraction of sp³-hybridized carbons (Fsp3) is 0.176. The molecule has 0 saturated heterocycles. The summed E-state index contributed by atoms with van der Waals surface area (Å²) in [6, 6.07) is 11.8. The SMILES string of the molecule is CC(NCc1cn2ccccc2n1)c1ccc2[nH]c(=O)oc2c1. The highest BCUT2D eigenvalue weighted by molar-refractivity contribution is 5.72. The van der Waals surface area contributed by atoms with Gasteiger partial charge in [-0.15, -0.1) is 0 Å². The van der Waals surface area contributed by atoms with Gasteiger partial charge in [0.15, 0.2) is 5.58 Å². The van der Waals surface area contributed by atoms with Crippen molar-refractivity contribution < 1.29 is 4.42 Å². The van der Waals surface area contributed by atoms with Gasteiger partial charge in [-0.05, 0) is 36.8 Å². The average molecular weight is 308 g/mol. The molecule has 23 heavy (non-hydrogen) atoms. The maximum atomic E-state index is 11.2. The maximum absolute atomic E-state index is 11.2. The summed E-state index contributed by atoms with van der Waals surface area (Å²) in [6.07, 6.45) is 4.00. The van der Waals surface area contributed by atoms with Crippen molar-refractivity contribution in [1.29, 1.82) is 0 Å². The summed E-state index contributed by atoms with van der Waals surface area (Å²) in [5.74, 6) is -0.428. The molecular weight excluding hydrogens is 292 g/mol. The van der Waals surface area contributed by atoms with E-state index in [0.717, 1.165) is 16.9 Å². The first kappa shape index (κ1) is 13.8. The quantitative estimate of drug-likeness (QED) is 0.607. The molecule has 1 aromatic carbocycles. The number of H-pyrrole nitrogens is 1. The number of imidazole rings is 1. The van der Waals surface area contributed by atoms with Crippen LogP contribution in [-0.4, -0.2) is 14.4 Å². The molecule has 0 saturated carbocycles. The van der Waals surface area contributed by atoms with E-state index in [1.54, 1.807) is 0 Å². The van der Waals surface area contributed by atoms with Crippen molar-refractivity contribution >= 4 is 16.7 Å². The second-order valence-electron chi connectivity index (χ2n) is 5.57. The molecule has 0 bridgehead atoms. The number of rotatable bonds is 4. The Kier molecular flexibility index (Phi) is 3.24. The normalized spacial score (nSPS) is 12.9. The summed E-state index contributed by atoms with van der Waals surface area (Å²) in [4.78, 5) is 18.4. The lowest BCUT2D eigenvalue weighted by Crippen LogP contribution is -2.18. The van der Waals surface area contributed by atoms with Gasteiger partial charge in [-0.3, -0.25) is 4.98 Å². The van der Waals surface area contributed by atoms with Gasteiger partial charge < -0.3 is 14.1 Å². The number of aromatic amines is 1. The predicted octanol–water partition coefficient (Wildman–Crippen LogP) is 2.62. The van der Waals surface area contributed by atoms with Crippen LogP contribution in [-0.2, 0) is 6.54 Å². The molecule has 0 radical (unpaired) electrons. The zero-order valence-electron chi connectivity index (χ0n) is 12.6. The van der Waals surface area contributed by atoms with E-state index in [-0.39, 0.29) is 6.04 Å². The van der Waals surface area contributed by atoms with Gasteiger partial charge in [-0.2, -0.15) is 0 Å². The van der Waals surface area contributed by atoms with E-state index >= 15 is 0 Å². The maximum Gasteiger partial charge on any atom is 0.417 e. The molecule has 0 fully saturated rings. The van der Waals surface area contributed by atoms with Gasteiger partial charge in [0.05, 0.1) is 11.2 Å². The minimum absolute atomic E-state index is 0.115. The molecule has 3 heterocycles. The molecule has 0 amide bonds. The Bertz CT molecular complexity index is 995. The van der Waals surface area contributed by atoms with E-state index in [4.69, 9.17) is 4.42 Å². The van der Waals surface area contributed by atoms with Crippen molar-refractivity contribution in [1.82, 2.24) is 19.7 Å². The molecule has 116 valence electrons. The van der Waals surface area contributed by atoms with Crippen molar-refractivity contribution in [2.75, 3.05) is 0 Å². The molecule has 2 N–H and O–H groups in total. The summed E-state index contributed by atoms with van der Waals surface area (Å²) in [6.45, 7) is 2.74. The number of benzene rings is 1. The summed E-state index contributed by atoms with van der Waals surface area (Å²) in [5, 5.41) is 3.44. The molecule has 3 aromatic heterocycles. The number of oxazole rings is 1. The zero-order chi connectivity index (χ0) is 15.8. The van der Waals surface area contributed by atoms with Crippen LogP contribution in [0.25, 0.3) is 16.7 Å². The first-order valence-corrected chi connectivity index (χ1v) is 7.48. The Hall–Kier alpha value is -2.86. The smallest absolute Gasteiger partial charge is 0.408 e. The highest BCUT2D eigenvalue weighted by Gasteiger charge is 2.09. The Labute approximate surface area is 131 Å². The number of fused-ring (bicyclic) bond motifs is 2. The average Bonchev–Trinajstić information content (AvgIpc) is 3.13. The first-order valence-electron chi connectivity index (χ1n) is 7.48. The minimum atomic E-state index is -0.428. The number of aromatic nitrogens is 3. The zero-order valence-corrected chi connectivity index (χ0v) is 12.6. The van der Waals surface area contributed by atoms with E-state index in [9.17, 15) is 4.79 Å². The topological polar surface area (TPSA) is 75.3 Å². The molecule has 0 aliphatic rings. The molecule has 0 aliphatic heterocycles. The molecule has 4 rings (SSSR count). The van der Waals surface area contributed by atoms with Crippen molar-refractivity contribution in [2.24, 2.45) is 0 Å². The number of nitrogens with one attached hydrogen (secondary N) is 2. The van der Waals surface area contributed by atoms with Crippen molar-refractivity contribution in [3.8, 4) is 0 Å². The number of hydrogen-bond donors (Lipinski definition) is 2. The largest absolute Gasteiger partial charge is 0.417 e. The second kappa shape index (κ2) is 5.40. The van der Waals surface area contributed by atoms with Crippen LogP contribution in [0.4, 0.5) is 0 Å². The fourth-order valence-electron chi connectivity index (χ4n) is 2.68. The van der Waals surface area contributed by atoms with Crippen LogP contribution < -0.4 is 11.1 Å². The molecule has 4 aromatic rings. The lowest BCUT2D eigenvalue weighted by Gasteiger charge is -2.13.